The molecular formula is C100H122N2O10. The Hall–Kier alpha value is -6.90. The molecule has 0 unspecified atom stereocenters. The molecule has 21 rings (SSSR count). The van der Waals surface area contributed by atoms with Crippen molar-refractivity contribution in [2.75, 3.05) is 18.9 Å². The van der Waals surface area contributed by atoms with Gasteiger partial charge in [0.25, 0.3) is 0 Å². The summed E-state index contributed by atoms with van der Waals surface area (Å²) in [6.07, 6.45) is 46.7. The van der Waals surface area contributed by atoms with E-state index in [0.717, 1.165) is 206 Å². The number of H-pyrrole nitrogens is 1. The number of carbonyl (C=O) groups excluding carboxylic acids is 4. The molecule has 12 nitrogen and oxygen atoms in total. The SMILES string of the molecule is C#C[C@@]1(OCCO)CC[C@@H]2[C@@H]3CCC4=CC(=O)CC[C@@H]4[C@@H]3CC[C@@]21C.C[C@]12CC[C@@H]3[C@@H](CCC4=CC(=O)CC[C@@H]43)[C@H]1CC[C@]2(O)C#Cc1ccccc1N.C[C@]12CC[C@@H]3[C@@H](CCC4=CC(=O)CC[C@@H]43)[C@H]1CC[C@]2(O)c1cc2ccccc2[nH]1.C[C@]12CC[C@@H]3[C@@H](CCC4=CC(=O)CC[C@@H]43)[C@H]1CC[C@]2(O)c1cc2ccccc2o1. The Morgan fingerprint density at radius 2 is 0.893 bits per heavy atom. The Balaban J connectivity index is 0.000000104. The monoisotopic (exact) mass is 1510 g/mol. The van der Waals surface area contributed by atoms with E-state index < -0.39 is 22.4 Å². The zero-order valence-electron chi connectivity index (χ0n) is 67.1. The van der Waals surface area contributed by atoms with E-state index in [9.17, 15) is 39.6 Å². The number of ketones is 4. The highest BCUT2D eigenvalue weighted by atomic mass is 16.5. The maximum atomic E-state index is 12.1. The third-order valence-corrected chi connectivity index (χ3v) is 35.6. The smallest absolute Gasteiger partial charge is 0.155 e. The number of anilines is 1. The fraction of sp³-hybridized carbons (Fsp3) is 0.620. The minimum absolute atomic E-state index is 0.0176. The molecule has 12 saturated carbocycles. The van der Waals surface area contributed by atoms with Crippen LogP contribution in [-0.4, -0.2) is 73.0 Å². The van der Waals surface area contributed by atoms with Gasteiger partial charge in [-0.3, -0.25) is 19.2 Å². The fourth-order valence-corrected chi connectivity index (χ4v) is 29.8. The number of hydrogen-bond acceptors (Lipinski definition) is 11. The predicted octanol–water partition coefficient (Wildman–Crippen LogP) is 19.3. The zero-order valence-corrected chi connectivity index (χ0v) is 67.1. The summed E-state index contributed by atoms with van der Waals surface area (Å²) < 4.78 is 12.3. The highest BCUT2D eigenvalue weighted by Crippen LogP contribution is 2.72. The topological polar surface area (TPSA) is 213 Å². The van der Waals surface area contributed by atoms with Gasteiger partial charge in [-0.25, -0.2) is 0 Å². The number of aromatic nitrogens is 1. The van der Waals surface area contributed by atoms with E-state index in [2.05, 4.69) is 92.9 Å². The van der Waals surface area contributed by atoms with Crippen molar-refractivity contribution in [1.29, 1.82) is 0 Å². The summed E-state index contributed by atoms with van der Waals surface area (Å²) in [5.74, 6) is 21.8. The first kappa shape index (κ1) is 76.4. The highest BCUT2D eigenvalue weighted by molar-refractivity contribution is 5.93. The molecule has 0 spiro atoms. The van der Waals surface area contributed by atoms with E-state index >= 15 is 0 Å². The molecule has 16 aliphatic rings. The molecule has 0 radical (unpaired) electrons. The number of terminal acetylenes is 1. The number of hydrogen-bond donors (Lipinski definition) is 6. The summed E-state index contributed by atoms with van der Waals surface area (Å²) in [6, 6.07) is 28.3. The number of fused-ring (bicyclic) bond motifs is 22. The molecule has 7 N–H and O–H groups in total. The number of nitrogens with one attached hydrogen (secondary N) is 1. The number of allylic oxidation sites excluding steroid dienone is 4. The first-order valence-corrected chi connectivity index (χ1v) is 44.2. The first-order chi connectivity index (χ1) is 53.9. The fourth-order valence-electron chi connectivity index (χ4n) is 29.8. The lowest BCUT2D eigenvalue weighted by molar-refractivity contribution is -0.133. The second-order valence-corrected chi connectivity index (χ2v) is 39.6. The van der Waals surface area contributed by atoms with E-state index in [4.69, 9.17) is 21.3 Å². The van der Waals surface area contributed by atoms with E-state index in [0.29, 0.717) is 131 Å². The van der Waals surface area contributed by atoms with Crippen LogP contribution in [0.25, 0.3) is 21.9 Å². The van der Waals surface area contributed by atoms with Crippen molar-refractivity contribution < 1.29 is 48.8 Å². The summed E-state index contributed by atoms with van der Waals surface area (Å²) in [7, 11) is 0. The van der Waals surface area contributed by atoms with E-state index in [-0.39, 0.29) is 28.3 Å². The standard InChI is InChI=1S/2C26H31NO2.C26H30O3.C22H30O3/c1-25-12-10-20-19-9-7-18(28)14-16(19)6-8-21(20)22(25)11-13-26(25,29)24-15-17-4-2-3-5-23(17)27-24;1-25-13-11-21-20-9-7-19(28)16-18(20)6-8-22(21)23(25)12-15-26(25,29)14-10-17-4-2-3-5-24(17)27;1-25-12-10-20-19-9-7-18(27)14-16(19)6-8-21(20)22(25)11-13-26(25,28)24-15-17-4-2-3-5-23(17)29-24;1-3-22(25-13-12-23)11-9-20-19-6-4-15-14-16(24)5-7-17(15)18(19)8-10-21(20,22)2/h2-5,14-15,19-22,27,29H,6-13H2,1H3;2-5,16,20-23,29H,6-9,11-13,15,27H2,1H3;2-5,14-15,19-22,28H,6-13H2,1H3;1,14,17-20,23H,4-13H2,2H3/t19-,20-,21+,22+,25-,26-;20-,21-,22+,23+,25-,26+;19-,20-,21+,22+,25-,26-;17-,18-,19+,20+,21-,22+/m0000/s1. The largest absolute Gasteiger partial charge is 0.458 e. The molecule has 0 amide bonds. The van der Waals surface area contributed by atoms with E-state index in [1.54, 1.807) is 0 Å². The Bertz CT molecular complexity index is 4550. The van der Waals surface area contributed by atoms with Crippen molar-refractivity contribution in [3.8, 4) is 24.2 Å². The lowest BCUT2D eigenvalue weighted by Crippen LogP contribution is -2.53. The van der Waals surface area contributed by atoms with Crippen LogP contribution in [0.3, 0.4) is 0 Å². The Morgan fingerprint density at radius 3 is 1.39 bits per heavy atom. The van der Waals surface area contributed by atoms with Crippen molar-refractivity contribution in [3.05, 3.63) is 149 Å². The van der Waals surface area contributed by atoms with Crippen LogP contribution in [0.1, 0.15) is 250 Å². The number of nitrogen functional groups attached to an aromatic ring is 1. The Labute approximate surface area is 664 Å². The molecule has 2 heterocycles. The number of ether oxygens (including phenoxy) is 1. The van der Waals surface area contributed by atoms with Crippen molar-refractivity contribution in [2.45, 2.75) is 256 Å². The van der Waals surface area contributed by atoms with Crippen LogP contribution in [0.2, 0.25) is 0 Å². The van der Waals surface area contributed by atoms with Crippen molar-refractivity contribution in [2.24, 2.45) is 116 Å². The minimum Gasteiger partial charge on any atom is -0.458 e. The van der Waals surface area contributed by atoms with Crippen LogP contribution in [-0.2, 0) is 35.1 Å². The van der Waals surface area contributed by atoms with Gasteiger partial charge in [-0.1, -0.05) is 116 Å². The number of aliphatic hydroxyl groups is 4. The van der Waals surface area contributed by atoms with Crippen molar-refractivity contribution in [1.82, 2.24) is 4.98 Å². The summed E-state index contributed by atoms with van der Waals surface area (Å²) in [5, 5.41) is 47.3. The number of rotatable bonds is 5. The second-order valence-electron chi connectivity index (χ2n) is 39.6. The molecule has 12 heteroatoms. The molecule has 2 aromatic heterocycles. The van der Waals surface area contributed by atoms with Gasteiger partial charge >= 0.3 is 0 Å². The molecule has 5 aromatic rings. The number of carbonyl (C=O) groups is 4. The lowest BCUT2D eigenvalue weighted by atomic mass is 9.50. The highest BCUT2D eigenvalue weighted by Gasteiger charge is 2.68. The normalized spacial score (nSPS) is 42.3. The molecular weight excluding hydrogens is 1390 g/mol. The van der Waals surface area contributed by atoms with E-state index in [1.807, 2.05) is 66.8 Å². The number of para-hydroxylation sites is 3. The van der Waals surface area contributed by atoms with Crippen molar-refractivity contribution in [3.63, 3.8) is 0 Å². The van der Waals surface area contributed by atoms with Gasteiger partial charge in [0.1, 0.15) is 33.7 Å². The molecule has 0 bridgehead atoms. The van der Waals surface area contributed by atoms with Crippen molar-refractivity contribution >= 4 is 50.7 Å². The maximum absolute atomic E-state index is 12.1. The second kappa shape index (κ2) is 29.1. The van der Waals surface area contributed by atoms with Gasteiger partial charge in [-0.2, -0.15) is 0 Å². The number of aromatic amines is 1. The minimum atomic E-state index is -0.941. The van der Waals surface area contributed by atoms with Gasteiger partial charge in [0, 0.05) is 75.2 Å². The number of aliphatic hydroxyl groups excluding tert-OH is 1. The molecule has 112 heavy (non-hydrogen) atoms. The maximum Gasteiger partial charge on any atom is 0.155 e. The molecule has 12 fully saturated rings. The Morgan fingerprint density at radius 1 is 0.464 bits per heavy atom. The third kappa shape index (κ3) is 12.3. The zero-order chi connectivity index (χ0) is 77.5. The average Bonchev–Trinajstić information content (AvgIpc) is 1.55. The van der Waals surface area contributed by atoms with Crippen LogP contribution in [0, 0.1) is 141 Å². The van der Waals surface area contributed by atoms with Crippen LogP contribution in [0.15, 0.2) is 136 Å². The summed E-state index contributed by atoms with van der Waals surface area (Å²) in [6.45, 7) is 9.66. The Kier molecular flexibility index (Phi) is 19.8. The number of furan rings is 1. The van der Waals surface area contributed by atoms with Gasteiger partial charge in [-0.05, 0) is 341 Å². The summed E-state index contributed by atoms with van der Waals surface area (Å²) in [5.41, 5.74) is 12.8. The summed E-state index contributed by atoms with van der Waals surface area (Å²) >= 11 is 0. The molecule has 592 valence electrons. The molecule has 0 saturated heterocycles. The third-order valence-electron chi connectivity index (χ3n) is 35.6. The first-order valence-electron chi connectivity index (χ1n) is 44.2. The molecule has 16 aliphatic carbocycles. The van der Waals surface area contributed by atoms with Gasteiger partial charge in [0.15, 0.2) is 23.1 Å². The quantitative estimate of drug-likeness (QED) is 0.0719. The molecule has 0 aliphatic heterocycles. The van der Waals surface area contributed by atoms with Crippen LogP contribution < -0.4 is 5.73 Å². The van der Waals surface area contributed by atoms with Crippen LogP contribution in [0.4, 0.5) is 5.69 Å². The van der Waals surface area contributed by atoms with Crippen LogP contribution >= 0.6 is 0 Å². The lowest BCUT2D eigenvalue weighted by Gasteiger charge is -2.55. The van der Waals surface area contributed by atoms with Gasteiger partial charge in [0.05, 0.1) is 13.2 Å². The molecule has 24 atom stereocenters. The van der Waals surface area contributed by atoms with Crippen LogP contribution in [0.5, 0.6) is 0 Å². The van der Waals surface area contributed by atoms with Gasteiger partial charge < -0.3 is 40.3 Å². The number of benzene rings is 3. The summed E-state index contributed by atoms with van der Waals surface area (Å²) in [4.78, 5) is 51.1. The predicted molar refractivity (Wildman–Crippen MR) is 438 cm³/mol. The van der Waals surface area contributed by atoms with Gasteiger partial charge in [0.2, 0.25) is 0 Å². The molecule has 3 aromatic carbocycles. The average molecular weight is 1510 g/mol. The number of nitrogens with two attached hydrogens (primary N) is 1. The van der Waals surface area contributed by atoms with Gasteiger partial charge in [-0.15, -0.1) is 6.42 Å². The van der Waals surface area contributed by atoms with E-state index in [1.165, 1.54) is 59.8 Å².